The summed E-state index contributed by atoms with van der Waals surface area (Å²) >= 11 is 1.96. The average Bonchev–Trinajstić information content (AvgIpc) is 2.63. The Morgan fingerprint density at radius 2 is 2.12 bits per heavy atom. The number of aromatic nitrogens is 1. The van der Waals surface area contributed by atoms with Crippen molar-refractivity contribution < 1.29 is 0 Å². The molecule has 2 aromatic rings. The van der Waals surface area contributed by atoms with E-state index in [2.05, 4.69) is 42.8 Å². The molecule has 0 saturated carbocycles. The predicted molar refractivity (Wildman–Crippen MR) is 72.6 cm³/mol. The van der Waals surface area contributed by atoms with Crippen molar-refractivity contribution in [2.45, 2.75) is 19.2 Å². The molecule has 3 heteroatoms. The monoisotopic (exact) mass is 234 g/mol. The van der Waals surface area contributed by atoms with Gasteiger partial charge in [-0.25, -0.2) is 0 Å². The number of hydrogen-bond donors (Lipinski definition) is 1. The number of benzene rings is 1. The molecular formula is C13H18N2S. The summed E-state index contributed by atoms with van der Waals surface area (Å²) in [4.78, 5) is 0. The van der Waals surface area contributed by atoms with Crippen LogP contribution in [-0.4, -0.2) is 10.3 Å². The van der Waals surface area contributed by atoms with Gasteiger partial charge in [0.15, 0.2) is 0 Å². The van der Waals surface area contributed by atoms with Crippen molar-refractivity contribution in [3.63, 3.8) is 0 Å². The Labute approximate surface area is 101 Å². The third-order valence-electron chi connectivity index (χ3n) is 2.90. The van der Waals surface area contributed by atoms with E-state index in [4.69, 9.17) is 5.73 Å². The number of fused-ring (bicyclic) bond motifs is 1. The highest BCUT2D eigenvalue weighted by Crippen LogP contribution is 2.23. The fourth-order valence-electron chi connectivity index (χ4n) is 1.93. The molecule has 1 heterocycles. The van der Waals surface area contributed by atoms with Crippen LogP contribution in [-0.2, 0) is 19.3 Å². The molecule has 2 N–H and O–H groups in total. The Morgan fingerprint density at radius 3 is 2.81 bits per heavy atom. The zero-order valence-corrected chi connectivity index (χ0v) is 10.7. The van der Waals surface area contributed by atoms with E-state index in [9.17, 15) is 0 Å². The molecule has 16 heavy (non-hydrogen) atoms. The van der Waals surface area contributed by atoms with E-state index in [-0.39, 0.29) is 0 Å². The van der Waals surface area contributed by atoms with Crippen LogP contribution in [0.4, 0.5) is 0 Å². The second-order valence-corrected chi connectivity index (χ2v) is 5.20. The molecule has 0 bridgehead atoms. The van der Waals surface area contributed by atoms with Crippen LogP contribution in [0.1, 0.15) is 18.2 Å². The second kappa shape index (κ2) is 4.93. The molecule has 0 radical (unpaired) electrons. The number of rotatable bonds is 4. The first-order valence-corrected chi connectivity index (χ1v) is 6.76. The first kappa shape index (κ1) is 11.6. The van der Waals surface area contributed by atoms with Crippen LogP contribution in [0, 0.1) is 0 Å². The van der Waals surface area contributed by atoms with Gasteiger partial charge in [-0.1, -0.05) is 13.0 Å². The first-order chi connectivity index (χ1) is 7.76. The fraction of sp³-hybridized carbons (Fsp3) is 0.385. The van der Waals surface area contributed by atoms with Crippen LogP contribution >= 0.6 is 11.8 Å². The summed E-state index contributed by atoms with van der Waals surface area (Å²) in [5, 5.41) is 1.30. The summed E-state index contributed by atoms with van der Waals surface area (Å²) in [6, 6.07) is 8.74. The van der Waals surface area contributed by atoms with E-state index in [0.717, 1.165) is 11.5 Å². The number of hydrogen-bond acceptors (Lipinski definition) is 2. The van der Waals surface area contributed by atoms with Crippen molar-refractivity contribution in [2.24, 2.45) is 12.8 Å². The lowest BCUT2D eigenvalue weighted by Crippen LogP contribution is -1.96. The minimum atomic E-state index is 0.615. The predicted octanol–water partition coefficient (Wildman–Crippen LogP) is 2.89. The molecule has 0 spiro atoms. The van der Waals surface area contributed by atoms with Gasteiger partial charge in [0.2, 0.25) is 0 Å². The van der Waals surface area contributed by atoms with Gasteiger partial charge in [-0.05, 0) is 29.5 Å². The molecule has 1 aromatic heterocycles. The third-order valence-corrected chi connectivity index (χ3v) is 3.80. The molecule has 0 aliphatic carbocycles. The maximum absolute atomic E-state index is 5.65. The Bertz CT molecular complexity index is 488. The molecule has 0 atom stereocenters. The van der Waals surface area contributed by atoms with Crippen molar-refractivity contribution >= 4 is 22.7 Å². The highest BCUT2D eigenvalue weighted by Gasteiger charge is 2.05. The number of nitrogens with two attached hydrogens (primary N) is 1. The van der Waals surface area contributed by atoms with E-state index in [1.54, 1.807) is 0 Å². The van der Waals surface area contributed by atoms with Crippen molar-refractivity contribution in [1.29, 1.82) is 0 Å². The quantitative estimate of drug-likeness (QED) is 0.882. The van der Waals surface area contributed by atoms with E-state index >= 15 is 0 Å². The topological polar surface area (TPSA) is 30.9 Å². The van der Waals surface area contributed by atoms with Gasteiger partial charge in [0.05, 0.1) is 0 Å². The summed E-state index contributed by atoms with van der Waals surface area (Å²) in [7, 11) is 2.13. The maximum Gasteiger partial charge on any atom is 0.0480 e. The minimum absolute atomic E-state index is 0.615. The van der Waals surface area contributed by atoms with Crippen LogP contribution in [0.5, 0.6) is 0 Å². The van der Waals surface area contributed by atoms with Gasteiger partial charge in [-0.3, -0.25) is 0 Å². The Balaban J connectivity index is 2.41. The lowest BCUT2D eigenvalue weighted by atomic mass is 10.1. The molecule has 0 aliphatic heterocycles. The minimum Gasteiger partial charge on any atom is -0.347 e. The molecule has 0 unspecified atom stereocenters. The maximum atomic E-state index is 5.65. The highest BCUT2D eigenvalue weighted by molar-refractivity contribution is 7.98. The summed E-state index contributed by atoms with van der Waals surface area (Å²) < 4.78 is 2.28. The van der Waals surface area contributed by atoms with Crippen molar-refractivity contribution in [3.05, 3.63) is 35.5 Å². The van der Waals surface area contributed by atoms with Gasteiger partial charge in [-0.2, -0.15) is 11.8 Å². The molecule has 2 nitrogen and oxygen atoms in total. The second-order valence-electron chi connectivity index (χ2n) is 3.93. The Hall–Kier alpha value is -0.930. The van der Waals surface area contributed by atoms with Gasteiger partial charge < -0.3 is 10.3 Å². The normalized spacial score (nSPS) is 11.2. The molecule has 0 fully saturated rings. The van der Waals surface area contributed by atoms with E-state index in [1.165, 1.54) is 22.2 Å². The van der Waals surface area contributed by atoms with E-state index < -0.39 is 0 Å². The Kier molecular flexibility index (Phi) is 3.56. The number of thioether (sulfide) groups is 1. The summed E-state index contributed by atoms with van der Waals surface area (Å²) in [5.74, 6) is 2.25. The van der Waals surface area contributed by atoms with Crippen molar-refractivity contribution in [3.8, 4) is 0 Å². The van der Waals surface area contributed by atoms with Crippen LogP contribution < -0.4 is 5.73 Å². The van der Waals surface area contributed by atoms with Gasteiger partial charge >= 0.3 is 0 Å². The largest absolute Gasteiger partial charge is 0.347 e. The molecule has 1 aromatic carbocycles. The zero-order valence-electron chi connectivity index (χ0n) is 9.86. The van der Waals surface area contributed by atoms with Crippen LogP contribution in [0.2, 0.25) is 0 Å². The third kappa shape index (κ3) is 2.11. The summed E-state index contributed by atoms with van der Waals surface area (Å²) in [6.07, 6.45) is 0. The summed E-state index contributed by atoms with van der Waals surface area (Å²) in [6.45, 7) is 2.81. The van der Waals surface area contributed by atoms with Gasteiger partial charge in [0, 0.05) is 35.9 Å². The lowest BCUT2D eigenvalue weighted by molar-refractivity contribution is 0.909. The molecule has 0 amide bonds. The number of aryl methyl sites for hydroxylation is 1. The molecule has 0 saturated heterocycles. The smallest absolute Gasteiger partial charge is 0.0480 e. The van der Waals surface area contributed by atoms with Crippen LogP contribution in [0.25, 0.3) is 10.9 Å². The lowest BCUT2D eigenvalue weighted by Gasteiger charge is -2.03. The van der Waals surface area contributed by atoms with Crippen molar-refractivity contribution in [2.75, 3.05) is 5.75 Å². The fourth-order valence-corrected chi connectivity index (χ4v) is 2.62. The van der Waals surface area contributed by atoms with Crippen LogP contribution in [0.3, 0.4) is 0 Å². The average molecular weight is 234 g/mol. The van der Waals surface area contributed by atoms with Crippen LogP contribution in [0.15, 0.2) is 24.3 Å². The van der Waals surface area contributed by atoms with Gasteiger partial charge in [0.25, 0.3) is 0 Å². The zero-order chi connectivity index (χ0) is 11.5. The van der Waals surface area contributed by atoms with Gasteiger partial charge in [0.1, 0.15) is 0 Å². The van der Waals surface area contributed by atoms with E-state index in [0.29, 0.717) is 6.54 Å². The number of nitrogens with zero attached hydrogens (tertiary/aromatic N) is 1. The molecule has 2 rings (SSSR count). The Morgan fingerprint density at radius 1 is 1.31 bits per heavy atom. The first-order valence-electron chi connectivity index (χ1n) is 5.61. The highest BCUT2D eigenvalue weighted by atomic mass is 32.2. The molecule has 0 aliphatic rings. The molecule has 86 valence electrons. The van der Waals surface area contributed by atoms with E-state index in [1.807, 2.05) is 11.8 Å². The molecular weight excluding hydrogens is 216 g/mol. The van der Waals surface area contributed by atoms with Gasteiger partial charge in [-0.15, -0.1) is 0 Å². The standard InChI is InChI=1S/C13H18N2S/c1-3-16-9-12-7-11-6-10(8-14)4-5-13(11)15(12)2/h4-7H,3,8-9,14H2,1-2H3. The van der Waals surface area contributed by atoms with Crippen molar-refractivity contribution in [1.82, 2.24) is 4.57 Å². The summed E-state index contributed by atoms with van der Waals surface area (Å²) in [5.41, 5.74) is 9.54. The SMILES string of the molecule is CCSCc1cc2cc(CN)ccc2n1C.